The van der Waals surface area contributed by atoms with Gasteiger partial charge in [0.15, 0.2) is 0 Å². The predicted molar refractivity (Wildman–Crippen MR) is 68.2 cm³/mol. The average Bonchev–Trinajstić information content (AvgIpc) is 2.37. The smallest absolute Gasteiger partial charge is 0.323 e. The van der Waals surface area contributed by atoms with Gasteiger partial charge in [-0.3, -0.25) is 9.78 Å². The first-order valence-corrected chi connectivity index (χ1v) is 5.32. The summed E-state index contributed by atoms with van der Waals surface area (Å²) in [6.45, 7) is -0.0173. The van der Waals surface area contributed by atoms with Gasteiger partial charge in [-0.05, 0) is 12.1 Å². The number of terminal acetylenes is 1. The van der Waals surface area contributed by atoms with Crippen molar-refractivity contribution in [2.24, 2.45) is 0 Å². The molecular weight excluding hydrogens is 230 g/mol. The summed E-state index contributed by atoms with van der Waals surface area (Å²) in [6.07, 6.45) is 6.75. The van der Waals surface area contributed by atoms with Gasteiger partial charge in [0, 0.05) is 0 Å². The summed E-state index contributed by atoms with van der Waals surface area (Å²) < 4.78 is 0. The Kier molecular flexibility index (Phi) is 3.39. The molecule has 0 aliphatic carbocycles. The van der Waals surface area contributed by atoms with Gasteiger partial charge in [-0.15, -0.1) is 6.42 Å². The van der Waals surface area contributed by atoms with Crippen molar-refractivity contribution in [1.82, 2.24) is 9.97 Å². The Bertz CT molecular complexity index is 619. The van der Waals surface area contributed by atoms with Crippen molar-refractivity contribution < 1.29 is 9.90 Å². The summed E-state index contributed by atoms with van der Waals surface area (Å²) in [6, 6.07) is 7.38. The van der Waals surface area contributed by atoms with Crippen LogP contribution >= 0.6 is 0 Å². The number of aliphatic carboxylic acids is 1. The standard InChI is InChI=1S/C13H11N3O2/c1-2-7-16(9-13(17)18)12-8-14-10-5-3-4-6-11(10)15-12/h1,3-6,8H,7,9H2,(H,17,18). The van der Waals surface area contributed by atoms with Gasteiger partial charge in [-0.25, -0.2) is 4.98 Å². The maximum absolute atomic E-state index is 10.8. The first-order chi connectivity index (χ1) is 8.70. The number of hydrogen-bond acceptors (Lipinski definition) is 4. The molecule has 5 heteroatoms. The summed E-state index contributed by atoms with van der Waals surface area (Å²) in [5, 5.41) is 8.83. The topological polar surface area (TPSA) is 66.3 Å². The van der Waals surface area contributed by atoms with Crippen LogP contribution in [0.5, 0.6) is 0 Å². The maximum Gasteiger partial charge on any atom is 0.323 e. The van der Waals surface area contributed by atoms with Crippen molar-refractivity contribution in [2.45, 2.75) is 0 Å². The van der Waals surface area contributed by atoms with Gasteiger partial charge in [0.05, 0.1) is 23.8 Å². The van der Waals surface area contributed by atoms with Crippen LogP contribution in [0.3, 0.4) is 0 Å². The van der Waals surface area contributed by atoms with E-state index in [9.17, 15) is 4.79 Å². The fourth-order valence-electron chi connectivity index (χ4n) is 1.59. The third kappa shape index (κ3) is 2.55. The van der Waals surface area contributed by atoms with E-state index in [4.69, 9.17) is 11.5 Å². The first kappa shape index (κ1) is 11.9. The minimum Gasteiger partial charge on any atom is -0.480 e. The third-order valence-electron chi connectivity index (χ3n) is 2.37. The van der Waals surface area contributed by atoms with Crippen LogP contribution in [0.15, 0.2) is 30.5 Å². The second-order valence-electron chi connectivity index (χ2n) is 3.67. The highest BCUT2D eigenvalue weighted by atomic mass is 16.4. The van der Waals surface area contributed by atoms with Crippen LogP contribution in [0, 0.1) is 12.3 Å². The molecule has 0 fully saturated rings. The molecule has 1 aromatic heterocycles. The molecule has 5 nitrogen and oxygen atoms in total. The molecule has 18 heavy (non-hydrogen) atoms. The predicted octanol–water partition coefficient (Wildman–Crippen LogP) is 1.15. The maximum atomic E-state index is 10.8. The Morgan fingerprint density at radius 2 is 2.11 bits per heavy atom. The molecule has 1 aromatic carbocycles. The molecular formula is C13H11N3O2. The van der Waals surface area contributed by atoms with Gasteiger partial charge in [-0.2, -0.15) is 0 Å². The van der Waals surface area contributed by atoms with E-state index >= 15 is 0 Å². The number of fused-ring (bicyclic) bond motifs is 1. The zero-order valence-electron chi connectivity index (χ0n) is 9.58. The van der Waals surface area contributed by atoms with Crippen LogP contribution in [-0.2, 0) is 4.79 Å². The van der Waals surface area contributed by atoms with Crippen LogP contribution in [0.1, 0.15) is 0 Å². The zero-order chi connectivity index (χ0) is 13.0. The number of benzene rings is 1. The van der Waals surface area contributed by atoms with E-state index in [0.29, 0.717) is 11.3 Å². The minimum absolute atomic E-state index is 0.180. The molecule has 0 aliphatic rings. The minimum atomic E-state index is -0.958. The van der Waals surface area contributed by atoms with Crippen molar-refractivity contribution in [3.05, 3.63) is 30.5 Å². The van der Waals surface area contributed by atoms with E-state index in [1.165, 1.54) is 11.1 Å². The van der Waals surface area contributed by atoms with Gasteiger partial charge >= 0.3 is 5.97 Å². The number of aromatic nitrogens is 2. The molecule has 0 spiro atoms. The van der Waals surface area contributed by atoms with Crippen LogP contribution in [0.2, 0.25) is 0 Å². The van der Waals surface area contributed by atoms with Crippen molar-refractivity contribution in [1.29, 1.82) is 0 Å². The van der Waals surface area contributed by atoms with Gasteiger partial charge in [0.1, 0.15) is 12.4 Å². The number of para-hydroxylation sites is 2. The zero-order valence-corrected chi connectivity index (χ0v) is 9.58. The fraction of sp³-hybridized carbons (Fsp3) is 0.154. The number of carbonyl (C=O) groups is 1. The van der Waals surface area contributed by atoms with E-state index in [0.717, 1.165) is 5.52 Å². The second-order valence-corrected chi connectivity index (χ2v) is 3.67. The molecule has 0 amide bonds. The SMILES string of the molecule is C#CCN(CC(=O)O)c1cnc2ccccc2n1. The molecule has 0 unspecified atom stereocenters. The highest BCUT2D eigenvalue weighted by Gasteiger charge is 2.11. The Morgan fingerprint density at radius 3 is 2.78 bits per heavy atom. The summed E-state index contributed by atoms with van der Waals surface area (Å²) in [5.41, 5.74) is 1.47. The van der Waals surface area contributed by atoms with E-state index in [1.54, 1.807) is 0 Å². The molecule has 0 bridgehead atoms. The van der Waals surface area contributed by atoms with Crippen molar-refractivity contribution in [2.75, 3.05) is 18.0 Å². The summed E-state index contributed by atoms with van der Waals surface area (Å²) in [5.74, 6) is 1.92. The molecule has 0 saturated carbocycles. The highest BCUT2D eigenvalue weighted by Crippen LogP contribution is 2.14. The van der Waals surface area contributed by atoms with Gasteiger partial charge in [0.2, 0.25) is 0 Å². The van der Waals surface area contributed by atoms with Gasteiger partial charge < -0.3 is 10.0 Å². The lowest BCUT2D eigenvalue weighted by Crippen LogP contribution is -2.30. The van der Waals surface area contributed by atoms with Crippen LogP contribution < -0.4 is 4.90 Å². The van der Waals surface area contributed by atoms with Crippen LogP contribution in [0.25, 0.3) is 11.0 Å². The van der Waals surface area contributed by atoms with E-state index in [-0.39, 0.29) is 13.1 Å². The molecule has 0 atom stereocenters. The lowest BCUT2D eigenvalue weighted by atomic mass is 10.3. The Labute approximate surface area is 104 Å². The monoisotopic (exact) mass is 241 g/mol. The van der Waals surface area contributed by atoms with Crippen LogP contribution in [-0.4, -0.2) is 34.1 Å². The number of anilines is 1. The Morgan fingerprint density at radius 1 is 1.39 bits per heavy atom. The lowest BCUT2D eigenvalue weighted by molar-refractivity contribution is -0.135. The number of hydrogen-bond donors (Lipinski definition) is 1. The second kappa shape index (κ2) is 5.15. The quantitative estimate of drug-likeness (QED) is 0.813. The normalized spacial score (nSPS) is 9.94. The summed E-state index contributed by atoms with van der Waals surface area (Å²) in [7, 11) is 0. The molecule has 0 saturated heterocycles. The van der Waals surface area contributed by atoms with E-state index in [1.807, 2.05) is 24.3 Å². The molecule has 90 valence electrons. The molecule has 0 aliphatic heterocycles. The largest absolute Gasteiger partial charge is 0.480 e. The van der Waals surface area contributed by atoms with Gasteiger partial charge in [0.25, 0.3) is 0 Å². The first-order valence-electron chi connectivity index (χ1n) is 5.32. The summed E-state index contributed by atoms with van der Waals surface area (Å²) in [4.78, 5) is 20.8. The number of carboxylic acids is 1. The van der Waals surface area contributed by atoms with Crippen molar-refractivity contribution in [3.8, 4) is 12.3 Å². The van der Waals surface area contributed by atoms with Crippen molar-refractivity contribution in [3.63, 3.8) is 0 Å². The van der Waals surface area contributed by atoms with Crippen LogP contribution in [0.4, 0.5) is 5.82 Å². The van der Waals surface area contributed by atoms with E-state index in [2.05, 4.69) is 15.9 Å². The number of nitrogens with zero attached hydrogens (tertiary/aromatic N) is 3. The number of rotatable bonds is 4. The Balaban J connectivity index is 2.38. The molecule has 2 aromatic rings. The molecule has 1 heterocycles. The lowest BCUT2D eigenvalue weighted by Gasteiger charge is -2.18. The fourth-order valence-corrected chi connectivity index (χ4v) is 1.59. The van der Waals surface area contributed by atoms with Crippen molar-refractivity contribution >= 4 is 22.8 Å². The average molecular weight is 241 g/mol. The molecule has 2 rings (SSSR count). The highest BCUT2D eigenvalue weighted by molar-refractivity contribution is 5.77. The summed E-state index contributed by atoms with van der Waals surface area (Å²) >= 11 is 0. The van der Waals surface area contributed by atoms with E-state index < -0.39 is 5.97 Å². The molecule has 1 N–H and O–H groups in total. The third-order valence-corrected chi connectivity index (χ3v) is 2.37. The molecule has 0 radical (unpaired) electrons. The number of carboxylic acid groups (broad SMARTS) is 1. The Hall–Kier alpha value is -2.61. The van der Waals surface area contributed by atoms with Gasteiger partial charge in [-0.1, -0.05) is 18.1 Å².